The third-order valence-electron chi connectivity index (χ3n) is 6.97. The molecule has 0 aliphatic carbocycles. The molecule has 2 aromatic heterocycles. The van der Waals surface area contributed by atoms with Crippen LogP contribution in [0.1, 0.15) is 36.2 Å². The van der Waals surface area contributed by atoms with Crippen LogP contribution in [0.5, 0.6) is 5.88 Å². The molecule has 9 nitrogen and oxygen atoms in total. The first-order valence-corrected chi connectivity index (χ1v) is 13.6. The second-order valence-corrected chi connectivity index (χ2v) is 12.1. The van der Waals surface area contributed by atoms with Gasteiger partial charge in [-0.15, -0.1) is 0 Å². The number of sulfone groups is 1. The van der Waals surface area contributed by atoms with Crippen LogP contribution in [0.25, 0.3) is 0 Å². The summed E-state index contributed by atoms with van der Waals surface area (Å²) in [6.45, 7) is 8.45. The molecule has 2 N–H and O–H groups in total. The monoisotopic (exact) mass is 494 g/mol. The lowest BCUT2D eigenvalue weighted by atomic mass is 10.0. The molecule has 0 unspecified atom stereocenters. The molecule has 2 aliphatic rings. The summed E-state index contributed by atoms with van der Waals surface area (Å²) in [4.78, 5) is 16.1. The minimum Gasteiger partial charge on any atom is -0.474 e. The van der Waals surface area contributed by atoms with E-state index in [9.17, 15) is 8.42 Å². The van der Waals surface area contributed by atoms with Gasteiger partial charge in [-0.25, -0.2) is 23.4 Å². The van der Waals surface area contributed by atoms with E-state index in [1.165, 1.54) is 6.26 Å². The number of hydrogen-bond donors (Lipinski definition) is 2. The Bertz CT molecular complexity index is 1370. The lowest BCUT2D eigenvalue weighted by Gasteiger charge is -2.32. The first-order chi connectivity index (χ1) is 16.6. The second kappa shape index (κ2) is 8.67. The zero-order chi connectivity index (χ0) is 24.8. The van der Waals surface area contributed by atoms with E-state index >= 15 is 0 Å². The summed E-state index contributed by atoms with van der Waals surface area (Å²) in [5, 5.41) is 6.65. The quantitative estimate of drug-likeness (QED) is 0.550. The summed E-state index contributed by atoms with van der Waals surface area (Å²) < 4.78 is 29.0. The first kappa shape index (κ1) is 23.3. The fourth-order valence-corrected chi connectivity index (χ4v) is 4.96. The average Bonchev–Trinajstić information content (AvgIpc) is 2.84. The van der Waals surface area contributed by atoms with E-state index < -0.39 is 14.6 Å². The fourth-order valence-electron chi connectivity index (χ4n) is 4.40. The van der Waals surface area contributed by atoms with E-state index in [4.69, 9.17) is 9.72 Å². The molecule has 5 rings (SSSR count). The van der Waals surface area contributed by atoms with Gasteiger partial charge in [0.1, 0.15) is 12.3 Å². The van der Waals surface area contributed by atoms with Crippen LogP contribution < -0.4 is 20.3 Å². The van der Waals surface area contributed by atoms with Crippen LogP contribution in [0, 0.1) is 6.92 Å². The van der Waals surface area contributed by atoms with Crippen LogP contribution in [0.3, 0.4) is 0 Å². The lowest BCUT2D eigenvalue weighted by Crippen LogP contribution is -2.32. The molecular formula is C25H30N6O3S. The topological polar surface area (TPSA) is 109 Å². The first-order valence-electron chi connectivity index (χ1n) is 11.7. The average molecular weight is 495 g/mol. The predicted octanol–water partition coefficient (Wildman–Crippen LogP) is 3.57. The molecule has 0 fully saturated rings. The lowest BCUT2D eigenvalue weighted by molar-refractivity contribution is 0.310. The highest BCUT2D eigenvalue weighted by Crippen LogP contribution is 2.36. The third-order valence-corrected chi connectivity index (χ3v) is 9.06. The highest BCUT2D eigenvalue weighted by molar-refractivity contribution is 7.91. The van der Waals surface area contributed by atoms with Gasteiger partial charge in [-0.2, -0.15) is 0 Å². The molecule has 0 amide bonds. The molecule has 0 radical (unpaired) electrons. The summed E-state index contributed by atoms with van der Waals surface area (Å²) in [7, 11) is -3.24. The highest BCUT2D eigenvalue weighted by atomic mass is 32.2. The molecule has 184 valence electrons. The Kier molecular flexibility index (Phi) is 5.79. The molecule has 0 spiro atoms. The SMILES string of the molecule is Cc1c(N2CCc3cnc(Nc4ccc(C(C)(C)S(C)(=O)=O)cc4)nc3C2)cnc2c1NCCO2. The third kappa shape index (κ3) is 4.38. The maximum atomic E-state index is 12.1. The Morgan fingerprint density at radius 3 is 2.66 bits per heavy atom. The number of nitrogens with zero attached hydrogens (tertiary/aromatic N) is 4. The molecule has 3 aromatic rings. The van der Waals surface area contributed by atoms with Crippen molar-refractivity contribution >= 4 is 32.8 Å². The number of ether oxygens (including phenoxy) is 1. The highest BCUT2D eigenvalue weighted by Gasteiger charge is 2.32. The van der Waals surface area contributed by atoms with E-state index in [1.54, 1.807) is 13.8 Å². The van der Waals surface area contributed by atoms with Crippen molar-refractivity contribution in [1.82, 2.24) is 15.0 Å². The van der Waals surface area contributed by atoms with Gasteiger partial charge in [0.05, 0.1) is 28.9 Å². The molecule has 10 heteroatoms. The molecule has 0 saturated carbocycles. The van der Waals surface area contributed by atoms with Gasteiger partial charge >= 0.3 is 0 Å². The van der Waals surface area contributed by atoms with Gasteiger partial charge in [-0.3, -0.25) is 0 Å². The van der Waals surface area contributed by atoms with Crippen LogP contribution >= 0.6 is 0 Å². The maximum Gasteiger partial charge on any atom is 0.237 e. The maximum absolute atomic E-state index is 12.1. The number of hydrogen-bond acceptors (Lipinski definition) is 9. The van der Waals surface area contributed by atoms with Crippen LogP contribution in [0.4, 0.5) is 23.0 Å². The minimum absolute atomic E-state index is 0.510. The Balaban J connectivity index is 1.34. The van der Waals surface area contributed by atoms with Gasteiger partial charge in [0.25, 0.3) is 0 Å². The molecule has 0 atom stereocenters. The van der Waals surface area contributed by atoms with Crippen LogP contribution in [-0.2, 0) is 27.5 Å². The normalized spacial score (nSPS) is 15.5. The van der Waals surface area contributed by atoms with Crippen molar-refractivity contribution in [2.24, 2.45) is 0 Å². The summed E-state index contributed by atoms with van der Waals surface area (Å²) in [5.41, 5.74) is 6.82. The largest absolute Gasteiger partial charge is 0.474 e. The van der Waals surface area contributed by atoms with E-state index in [-0.39, 0.29) is 0 Å². The molecule has 0 saturated heterocycles. The van der Waals surface area contributed by atoms with Crippen LogP contribution in [0.15, 0.2) is 36.7 Å². The number of aromatic nitrogens is 3. The summed E-state index contributed by atoms with van der Waals surface area (Å²) in [6, 6.07) is 7.36. The molecular weight excluding hydrogens is 464 g/mol. The van der Waals surface area contributed by atoms with Gasteiger partial charge < -0.3 is 20.3 Å². The van der Waals surface area contributed by atoms with Crippen molar-refractivity contribution in [1.29, 1.82) is 0 Å². The van der Waals surface area contributed by atoms with Crippen LogP contribution in [-0.4, -0.2) is 49.3 Å². The molecule has 1 aromatic carbocycles. The van der Waals surface area contributed by atoms with Crippen molar-refractivity contribution in [2.45, 2.75) is 38.5 Å². The van der Waals surface area contributed by atoms with Gasteiger partial charge in [-0.05, 0) is 50.5 Å². The van der Waals surface area contributed by atoms with Gasteiger partial charge in [0.15, 0.2) is 9.84 Å². The Labute approximate surface area is 205 Å². The Morgan fingerprint density at radius 1 is 1.14 bits per heavy atom. The van der Waals surface area contributed by atoms with Gasteiger partial charge in [0, 0.05) is 36.8 Å². The summed E-state index contributed by atoms with van der Waals surface area (Å²) in [5.74, 6) is 1.17. The van der Waals surface area contributed by atoms with Gasteiger partial charge in [-0.1, -0.05) is 12.1 Å². The molecule has 4 heterocycles. The van der Waals surface area contributed by atoms with E-state index in [1.807, 2.05) is 36.7 Å². The number of rotatable bonds is 5. The Hall–Kier alpha value is -3.40. The second-order valence-electron chi connectivity index (χ2n) is 9.55. The molecule has 35 heavy (non-hydrogen) atoms. The van der Waals surface area contributed by atoms with Crippen molar-refractivity contribution in [3.63, 3.8) is 0 Å². The Morgan fingerprint density at radius 2 is 1.91 bits per heavy atom. The number of anilines is 4. The van der Waals surface area contributed by atoms with Crippen LogP contribution in [0.2, 0.25) is 0 Å². The van der Waals surface area contributed by atoms with E-state index in [2.05, 4.69) is 32.4 Å². The zero-order valence-electron chi connectivity index (χ0n) is 20.4. The standard InChI is InChI=1S/C25H30N6O3S/c1-16-21(14-27-23-22(16)26-10-12-34-23)31-11-9-17-13-28-24(30-20(17)15-31)29-19-7-5-18(6-8-19)25(2,3)35(4,32)33/h5-8,13-14,26H,9-12,15H2,1-4H3,(H,28,29,30). The van der Waals surface area contributed by atoms with Gasteiger partial charge in [0.2, 0.25) is 11.8 Å². The molecule has 0 bridgehead atoms. The summed E-state index contributed by atoms with van der Waals surface area (Å²) in [6.07, 6.45) is 5.88. The van der Waals surface area contributed by atoms with Crippen molar-refractivity contribution < 1.29 is 13.2 Å². The van der Waals surface area contributed by atoms with E-state index in [0.717, 1.165) is 59.0 Å². The number of nitrogens with one attached hydrogen (secondary N) is 2. The number of pyridine rings is 1. The molecule has 2 aliphatic heterocycles. The summed E-state index contributed by atoms with van der Waals surface area (Å²) >= 11 is 0. The van der Waals surface area contributed by atoms with Crippen molar-refractivity contribution in [3.8, 4) is 5.88 Å². The van der Waals surface area contributed by atoms with Crippen molar-refractivity contribution in [3.05, 3.63) is 59.0 Å². The van der Waals surface area contributed by atoms with E-state index in [0.29, 0.717) is 25.0 Å². The smallest absolute Gasteiger partial charge is 0.237 e. The number of benzene rings is 1. The predicted molar refractivity (Wildman–Crippen MR) is 137 cm³/mol. The fraction of sp³-hybridized carbons (Fsp3) is 0.400. The zero-order valence-corrected chi connectivity index (χ0v) is 21.2. The number of fused-ring (bicyclic) bond motifs is 2. The van der Waals surface area contributed by atoms with Crippen molar-refractivity contribution in [2.75, 3.05) is 41.5 Å². The minimum atomic E-state index is -3.24.